The van der Waals surface area contributed by atoms with Crippen LogP contribution in [0.3, 0.4) is 0 Å². The summed E-state index contributed by atoms with van der Waals surface area (Å²) in [7, 11) is 0. The minimum atomic E-state index is -0.0428. The number of ether oxygens (including phenoxy) is 1. The lowest BCUT2D eigenvalue weighted by molar-refractivity contribution is -0.143. The van der Waals surface area contributed by atoms with Crippen LogP contribution in [0.2, 0.25) is 0 Å². The SMILES string of the molecule is C/C=C/CCCCCCCC(=O)OCC/C=C/CC. The summed E-state index contributed by atoms with van der Waals surface area (Å²) in [6.45, 7) is 4.68. The topological polar surface area (TPSA) is 26.3 Å². The molecule has 0 N–H and O–H groups in total. The fourth-order valence-electron chi connectivity index (χ4n) is 1.83. The Kier molecular flexibility index (Phi) is 14.2. The largest absolute Gasteiger partial charge is 0.465 e. The van der Waals surface area contributed by atoms with Crippen molar-refractivity contribution in [1.82, 2.24) is 0 Å². The van der Waals surface area contributed by atoms with Gasteiger partial charge < -0.3 is 4.74 Å². The highest BCUT2D eigenvalue weighted by atomic mass is 16.5. The number of hydrogen-bond acceptors (Lipinski definition) is 2. The normalized spacial score (nSPS) is 11.5. The molecule has 0 spiro atoms. The van der Waals surface area contributed by atoms with Crippen molar-refractivity contribution < 1.29 is 9.53 Å². The molecule has 0 fully saturated rings. The van der Waals surface area contributed by atoms with Crippen LogP contribution in [0.1, 0.15) is 71.6 Å². The molecule has 0 heterocycles. The van der Waals surface area contributed by atoms with E-state index >= 15 is 0 Å². The quantitative estimate of drug-likeness (QED) is 0.276. The summed E-state index contributed by atoms with van der Waals surface area (Å²) in [6.07, 6.45) is 18.0. The van der Waals surface area contributed by atoms with Gasteiger partial charge in [-0.05, 0) is 39.0 Å². The molecular weight excluding hydrogens is 236 g/mol. The van der Waals surface area contributed by atoms with E-state index in [1.165, 1.54) is 25.7 Å². The van der Waals surface area contributed by atoms with E-state index < -0.39 is 0 Å². The monoisotopic (exact) mass is 266 g/mol. The van der Waals surface area contributed by atoms with Crippen LogP contribution in [0.15, 0.2) is 24.3 Å². The van der Waals surface area contributed by atoms with E-state index in [2.05, 4.69) is 38.2 Å². The molecule has 0 rings (SSSR count). The van der Waals surface area contributed by atoms with Gasteiger partial charge in [-0.2, -0.15) is 0 Å². The smallest absolute Gasteiger partial charge is 0.305 e. The second-order valence-electron chi connectivity index (χ2n) is 4.76. The van der Waals surface area contributed by atoms with Crippen molar-refractivity contribution in [2.75, 3.05) is 6.61 Å². The Bertz CT molecular complexity index is 254. The summed E-state index contributed by atoms with van der Waals surface area (Å²) >= 11 is 0. The molecule has 110 valence electrons. The molecule has 0 radical (unpaired) electrons. The summed E-state index contributed by atoms with van der Waals surface area (Å²) < 4.78 is 5.15. The summed E-state index contributed by atoms with van der Waals surface area (Å²) in [5.41, 5.74) is 0. The van der Waals surface area contributed by atoms with Gasteiger partial charge in [0.25, 0.3) is 0 Å². The van der Waals surface area contributed by atoms with Crippen LogP contribution in [0.25, 0.3) is 0 Å². The van der Waals surface area contributed by atoms with Crippen LogP contribution >= 0.6 is 0 Å². The van der Waals surface area contributed by atoms with Crippen LogP contribution in [0, 0.1) is 0 Å². The molecule has 2 nitrogen and oxygen atoms in total. The lowest BCUT2D eigenvalue weighted by atomic mass is 10.1. The fraction of sp³-hybridized carbons (Fsp3) is 0.706. The lowest BCUT2D eigenvalue weighted by Crippen LogP contribution is -2.04. The highest BCUT2D eigenvalue weighted by molar-refractivity contribution is 5.69. The average Bonchev–Trinajstić information content (AvgIpc) is 2.41. The van der Waals surface area contributed by atoms with Gasteiger partial charge >= 0.3 is 5.97 Å². The van der Waals surface area contributed by atoms with Gasteiger partial charge in [-0.25, -0.2) is 0 Å². The first-order valence-electron chi connectivity index (χ1n) is 7.73. The summed E-state index contributed by atoms with van der Waals surface area (Å²) in [6, 6.07) is 0. The Morgan fingerprint density at radius 1 is 0.947 bits per heavy atom. The summed E-state index contributed by atoms with van der Waals surface area (Å²) in [5, 5.41) is 0. The van der Waals surface area contributed by atoms with E-state index in [0.29, 0.717) is 13.0 Å². The van der Waals surface area contributed by atoms with Crippen molar-refractivity contribution in [1.29, 1.82) is 0 Å². The lowest BCUT2D eigenvalue weighted by Gasteiger charge is -2.03. The highest BCUT2D eigenvalue weighted by Crippen LogP contribution is 2.08. The number of unbranched alkanes of at least 4 members (excludes halogenated alkanes) is 5. The number of hydrogen-bond donors (Lipinski definition) is 0. The average molecular weight is 266 g/mol. The third-order valence-corrected chi connectivity index (χ3v) is 2.94. The Hall–Kier alpha value is -1.05. The number of carbonyl (C=O) groups is 1. The second-order valence-corrected chi connectivity index (χ2v) is 4.76. The summed E-state index contributed by atoms with van der Waals surface area (Å²) in [5.74, 6) is -0.0428. The van der Waals surface area contributed by atoms with Crippen molar-refractivity contribution in [2.45, 2.75) is 71.6 Å². The predicted octanol–water partition coefficient (Wildman–Crippen LogP) is 5.19. The first kappa shape index (κ1) is 17.9. The van der Waals surface area contributed by atoms with Crippen molar-refractivity contribution >= 4 is 5.97 Å². The number of rotatable bonds is 12. The molecule has 0 saturated carbocycles. The molecule has 0 aliphatic heterocycles. The maximum atomic E-state index is 11.4. The fourth-order valence-corrected chi connectivity index (χ4v) is 1.83. The zero-order valence-electron chi connectivity index (χ0n) is 12.7. The third kappa shape index (κ3) is 14.9. The summed E-state index contributed by atoms with van der Waals surface area (Å²) in [4.78, 5) is 11.4. The molecule has 0 aliphatic carbocycles. The van der Waals surface area contributed by atoms with Gasteiger partial charge in [0.05, 0.1) is 6.61 Å². The molecule has 0 aliphatic rings. The molecule has 0 aromatic rings. The van der Waals surface area contributed by atoms with Crippen LogP contribution in [0.4, 0.5) is 0 Å². The van der Waals surface area contributed by atoms with Crippen molar-refractivity contribution in [3.63, 3.8) is 0 Å². The Labute approximate surface area is 118 Å². The van der Waals surface area contributed by atoms with Crippen LogP contribution in [-0.4, -0.2) is 12.6 Å². The molecule has 0 bridgehead atoms. The molecule has 0 aromatic carbocycles. The number of allylic oxidation sites excluding steroid dienone is 3. The Balaban J connectivity index is 3.22. The van der Waals surface area contributed by atoms with Gasteiger partial charge in [0.2, 0.25) is 0 Å². The highest BCUT2D eigenvalue weighted by Gasteiger charge is 2.01. The van der Waals surface area contributed by atoms with Gasteiger partial charge in [0.15, 0.2) is 0 Å². The maximum Gasteiger partial charge on any atom is 0.305 e. The second kappa shape index (κ2) is 15.0. The molecule has 2 heteroatoms. The van der Waals surface area contributed by atoms with Gasteiger partial charge in [0.1, 0.15) is 0 Å². The van der Waals surface area contributed by atoms with E-state index in [9.17, 15) is 4.79 Å². The van der Waals surface area contributed by atoms with E-state index in [1.54, 1.807) is 0 Å². The number of carbonyl (C=O) groups excluding carboxylic acids is 1. The molecule has 0 atom stereocenters. The first-order valence-corrected chi connectivity index (χ1v) is 7.73. The Morgan fingerprint density at radius 2 is 1.68 bits per heavy atom. The van der Waals surface area contributed by atoms with Gasteiger partial charge in [0, 0.05) is 6.42 Å². The zero-order chi connectivity index (χ0) is 14.2. The van der Waals surface area contributed by atoms with E-state index in [-0.39, 0.29) is 5.97 Å². The van der Waals surface area contributed by atoms with Crippen molar-refractivity contribution in [3.8, 4) is 0 Å². The Morgan fingerprint density at radius 3 is 2.42 bits per heavy atom. The van der Waals surface area contributed by atoms with Crippen molar-refractivity contribution in [3.05, 3.63) is 24.3 Å². The maximum absolute atomic E-state index is 11.4. The molecule has 19 heavy (non-hydrogen) atoms. The molecule has 0 amide bonds. The van der Waals surface area contributed by atoms with E-state index in [1.807, 2.05) is 0 Å². The minimum Gasteiger partial charge on any atom is -0.465 e. The van der Waals surface area contributed by atoms with Crippen LogP contribution in [0.5, 0.6) is 0 Å². The van der Waals surface area contributed by atoms with Crippen molar-refractivity contribution in [2.24, 2.45) is 0 Å². The molecular formula is C17H30O2. The molecule has 0 saturated heterocycles. The van der Waals surface area contributed by atoms with Gasteiger partial charge in [-0.1, -0.05) is 50.5 Å². The van der Waals surface area contributed by atoms with Crippen LogP contribution in [-0.2, 0) is 9.53 Å². The first-order chi connectivity index (χ1) is 9.31. The predicted molar refractivity (Wildman–Crippen MR) is 82.1 cm³/mol. The molecule has 0 aromatic heterocycles. The molecule has 0 unspecified atom stereocenters. The van der Waals surface area contributed by atoms with E-state index in [0.717, 1.165) is 25.7 Å². The standard InChI is InChI=1S/C17H30O2/c1-3-5-7-9-10-11-12-13-15-17(18)19-16-14-8-6-4-2/h3,5-6,8H,4,7,9-16H2,1-2H3/b5-3+,8-6+. The third-order valence-electron chi connectivity index (χ3n) is 2.94. The number of esters is 1. The zero-order valence-corrected chi connectivity index (χ0v) is 12.7. The van der Waals surface area contributed by atoms with Crippen LogP contribution < -0.4 is 0 Å². The van der Waals surface area contributed by atoms with Gasteiger partial charge in [-0.3, -0.25) is 4.79 Å². The minimum absolute atomic E-state index is 0.0428. The van der Waals surface area contributed by atoms with Gasteiger partial charge in [-0.15, -0.1) is 0 Å². The van der Waals surface area contributed by atoms with E-state index in [4.69, 9.17) is 4.74 Å².